The molecule has 156 valence electrons. The molecule has 0 bridgehead atoms. The number of nitrogens with one attached hydrogen (secondary N) is 3. The van der Waals surface area contributed by atoms with Crippen LogP contribution < -0.4 is 15.4 Å². The summed E-state index contributed by atoms with van der Waals surface area (Å²) in [4.78, 5) is 29.5. The summed E-state index contributed by atoms with van der Waals surface area (Å²) < 4.78 is 5.14. The van der Waals surface area contributed by atoms with Gasteiger partial charge in [-0.15, -0.1) is 11.3 Å². The van der Waals surface area contributed by atoms with E-state index in [0.29, 0.717) is 27.8 Å². The third-order valence-electron chi connectivity index (χ3n) is 4.45. The van der Waals surface area contributed by atoms with Gasteiger partial charge in [0.15, 0.2) is 5.82 Å². The van der Waals surface area contributed by atoms with E-state index in [2.05, 4.69) is 25.8 Å². The number of carbonyl (C=O) groups is 2. The van der Waals surface area contributed by atoms with Gasteiger partial charge in [0.1, 0.15) is 11.6 Å². The summed E-state index contributed by atoms with van der Waals surface area (Å²) in [7, 11) is 1.61. The Hall–Kier alpha value is -3.98. The zero-order valence-corrected chi connectivity index (χ0v) is 17.4. The Balaban J connectivity index is 1.32. The van der Waals surface area contributed by atoms with E-state index in [1.807, 2.05) is 35.7 Å². The van der Waals surface area contributed by atoms with Gasteiger partial charge in [-0.25, -0.2) is 4.98 Å². The number of aromatic amines is 1. The predicted octanol–water partition coefficient (Wildman–Crippen LogP) is 3.72. The highest BCUT2D eigenvalue weighted by Gasteiger charge is 2.11. The van der Waals surface area contributed by atoms with Crippen LogP contribution >= 0.6 is 11.3 Å². The Kier molecular flexibility index (Phi) is 6.04. The largest absolute Gasteiger partial charge is 0.497 e. The molecule has 4 aromatic rings. The van der Waals surface area contributed by atoms with Gasteiger partial charge in [-0.1, -0.05) is 6.07 Å². The van der Waals surface area contributed by atoms with Crippen molar-refractivity contribution in [2.24, 2.45) is 0 Å². The molecule has 9 heteroatoms. The standard InChI is InChI=1S/C22H19N5O3S/c1-30-17-10-6-14(7-11-17)20-25-19(26-27-20)13-23-21(28)15-4-8-16(9-5-15)24-22(29)18-3-2-12-31-18/h2-12H,13H2,1H3,(H,23,28)(H,24,29)(H,25,26,27). The van der Waals surface area contributed by atoms with Crippen LogP contribution in [0.2, 0.25) is 0 Å². The molecule has 0 aliphatic rings. The summed E-state index contributed by atoms with van der Waals surface area (Å²) in [6.45, 7) is 0.207. The van der Waals surface area contributed by atoms with E-state index in [-0.39, 0.29) is 18.4 Å². The van der Waals surface area contributed by atoms with Crippen molar-refractivity contribution < 1.29 is 14.3 Å². The van der Waals surface area contributed by atoms with E-state index < -0.39 is 0 Å². The van der Waals surface area contributed by atoms with Crippen LogP contribution in [-0.4, -0.2) is 34.1 Å². The predicted molar refractivity (Wildman–Crippen MR) is 118 cm³/mol. The maximum absolute atomic E-state index is 12.4. The first-order chi connectivity index (χ1) is 15.1. The molecule has 2 aromatic heterocycles. The summed E-state index contributed by atoms with van der Waals surface area (Å²) >= 11 is 1.37. The third kappa shape index (κ3) is 4.96. The van der Waals surface area contributed by atoms with Gasteiger partial charge in [0.25, 0.3) is 11.8 Å². The van der Waals surface area contributed by atoms with Crippen LogP contribution in [-0.2, 0) is 6.54 Å². The lowest BCUT2D eigenvalue weighted by Gasteiger charge is -2.06. The van der Waals surface area contributed by atoms with Crippen LogP contribution in [0.25, 0.3) is 11.4 Å². The molecule has 2 heterocycles. The molecule has 0 atom stereocenters. The number of H-pyrrole nitrogens is 1. The average Bonchev–Trinajstić information content (AvgIpc) is 3.50. The van der Waals surface area contributed by atoms with Crippen LogP contribution in [0, 0.1) is 0 Å². The molecule has 31 heavy (non-hydrogen) atoms. The van der Waals surface area contributed by atoms with Crippen molar-refractivity contribution >= 4 is 28.8 Å². The summed E-state index contributed by atoms with van der Waals surface area (Å²) in [6, 6.07) is 17.7. The molecule has 8 nitrogen and oxygen atoms in total. The lowest BCUT2D eigenvalue weighted by molar-refractivity contribution is 0.0949. The Bertz CT molecular complexity index is 1170. The second kappa shape index (κ2) is 9.23. The number of ether oxygens (including phenoxy) is 1. The molecular weight excluding hydrogens is 414 g/mol. The number of carbonyl (C=O) groups excluding carboxylic acids is 2. The molecule has 0 unspecified atom stereocenters. The average molecular weight is 433 g/mol. The normalized spacial score (nSPS) is 10.5. The molecule has 0 aliphatic heterocycles. The van der Waals surface area contributed by atoms with Crippen molar-refractivity contribution in [1.82, 2.24) is 20.5 Å². The maximum atomic E-state index is 12.4. The fourth-order valence-corrected chi connectivity index (χ4v) is 3.43. The van der Waals surface area contributed by atoms with E-state index in [9.17, 15) is 9.59 Å². The zero-order valence-electron chi connectivity index (χ0n) is 16.6. The van der Waals surface area contributed by atoms with Crippen LogP contribution in [0.3, 0.4) is 0 Å². The molecule has 4 rings (SSSR count). The number of rotatable bonds is 7. The number of nitrogens with zero attached hydrogens (tertiary/aromatic N) is 2. The van der Waals surface area contributed by atoms with Gasteiger partial charge in [-0.3, -0.25) is 14.7 Å². The van der Waals surface area contributed by atoms with E-state index in [4.69, 9.17) is 4.74 Å². The molecular formula is C22H19N5O3S. The number of methoxy groups -OCH3 is 1. The van der Waals surface area contributed by atoms with Gasteiger partial charge in [0, 0.05) is 16.8 Å². The fourth-order valence-electron chi connectivity index (χ4n) is 2.82. The van der Waals surface area contributed by atoms with Crippen molar-refractivity contribution in [3.63, 3.8) is 0 Å². The second-order valence-corrected chi connectivity index (χ2v) is 7.47. The van der Waals surface area contributed by atoms with Crippen molar-refractivity contribution in [3.8, 4) is 17.1 Å². The summed E-state index contributed by atoms with van der Waals surface area (Å²) in [5.74, 6) is 1.41. The molecule has 2 amide bonds. The first kappa shape index (κ1) is 20.3. The fraction of sp³-hybridized carbons (Fsp3) is 0.0909. The first-order valence-electron chi connectivity index (χ1n) is 9.41. The van der Waals surface area contributed by atoms with Crippen molar-refractivity contribution in [2.45, 2.75) is 6.54 Å². The van der Waals surface area contributed by atoms with E-state index in [0.717, 1.165) is 11.3 Å². The number of benzene rings is 2. The lowest BCUT2D eigenvalue weighted by atomic mass is 10.2. The van der Waals surface area contributed by atoms with Gasteiger partial charge in [-0.2, -0.15) is 5.10 Å². The van der Waals surface area contributed by atoms with Crippen LogP contribution in [0.5, 0.6) is 5.75 Å². The number of thiophene rings is 1. The highest BCUT2D eigenvalue weighted by atomic mass is 32.1. The first-order valence-corrected chi connectivity index (χ1v) is 10.3. The Labute approximate surface area is 182 Å². The smallest absolute Gasteiger partial charge is 0.265 e. The number of anilines is 1. The zero-order chi connectivity index (χ0) is 21.6. The Morgan fingerprint density at radius 1 is 1.03 bits per heavy atom. The van der Waals surface area contributed by atoms with Gasteiger partial charge in [-0.05, 0) is 60.0 Å². The van der Waals surface area contributed by atoms with E-state index in [1.54, 1.807) is 37.4 Å². The van der Waals surface area contributed by atoms with Gasteiger partial charge >= 0.3 is 0 Å². The van der Waals surface area contributed by atoms with Crippen LogP contribution in [0.4, 0.5) is 5.69 Å². The number of amides is 2. The topological polar surface area (TPSA) is 109 Å². The monoisotopic (exact) mass is 433 g/mol. The molecule has 0 spiro atoms. The molecule has 3 N–H and O–H groups in total. The van der Waals surface area contributed by atoms with E-state index >= 15 is 0 Å². The van der Waals surface area contributed by atoms with Gasteiger partial charge < -0.3 is 15.4 Å². The summed E-state index contributed by atoms with van der Waals surface area (Å²) in [6.07, 6.45) is 0. The second-order valence-electron chi connectivity index (χ2n) is 6.53. The van der Waals surface area contributed by atoms with Crippen molar-refractivity contribution in [3.05, 3.63) is 82.3 Å². The molecule has 0 aliphatic carbocycles. The SMILES string of the molecule is COc1ccc(-c2n[nH]c(CNC(=O)c3ccc(NC(=O)c4cccs4)cc3)n2)cc1. The van der Waals surface area contributed by atoms with Crippen LogP contribution in [0.1, 0.15) is 25.9 Å². The minimum absolute atomic E-state index is 0.176. The summed E-state index contributed by atoms with van der Waals surface area (Å²) in [5.41, 5.74) is 1.94. The van der Waals surface area contributed by atoms with Gasteiger partial charge in [0.2, 0.25) is 0 Å². The number of hydrogen-bond acceptors (Lipinski definition) is 6. The summed E-state index contributed by atoms with van der Waals surface area (Å²) in [5, 5.41) is 14.5. The van der Waals surface area contributed by atoms with Crippen LogP contribution in [0.15, 0.2) is 66.0 Å². The highest BCUT2D eigenvalue weighted by molar-refractivity contribution is 7.12. The molecule has 0 saturated heterocycles. The Morgan fingerprint density at radius 2 is 1.81 bits per heavy atom. The Morgan fingerprint density at radius 3 is 2.48 bits per heavy atom. The molecule has 2 aromatic carbocycles. The minimum Gasteiger partial charge on any atom is -0.497 e. The minimum atomic E-state index is -0.251. The van der Waals surface area contributed by atoms with Crippen molar-refractivity contribution in [1.29, 1.82) is 0 Å². The number of aromatic nitrogens is 3. The van der Waals surface area contributed by atoms with Crippen molar-refractivity contribution in [2.75, 3.05) is 12.4 Å². The molecule has 0 fully saturated rings. The molecule has 0 saturated carbocycles. The quantitative estimate of drug-likeness (QED) is 0.412. The van der Waals surface area contributed by atoms with Gasteiger partial charge in [0.05, 0.1) is 18.5 Å². The number of hydrogen-bond donors (Lipinski definition) is 3. The maximum Gasteiger partial charge on any atom is 0.265 e. The highest BCUT2D eigenvalue weighted by Crippen LogP contribution is 2.19. The molecule has 0 radical (unpaired) electrons. The third-order valence-corrected chi connectivity index (χ3v) is 5.31. The van der Waals surface area contributed by atoms with E-state index in [1.165, 1.54) is 11.3 Å². The lowest BCUT2D eigenvalue weighted by Crippen LogP contribution is -2.23.